The fraction of sp³-hybridized carbons (Fsp3) is 0.167. The molecule has 0 spiro atoms. The second kappa shape index (κ2) is 5.94. The Hall–Kier alpha value is -2.39. The molecular formula is C18H17NO2. The van der Waals surface area contributed by atoms with Crippen LogP contribution >= 0.6 is 0 Å². The molecule has 106 valence electrons. The highest BCUT2D eigenvalue weighted by Gasteiger charge is 2.13. The topological polar surface area (TPSA) is 42.4 Å². The van der Waals surface area contributed by atoms with Crippen molar-refractivity contribution in [1.82, 2.24) is 4.98 Å². The molecule has 3 nitrogen and oxygen atoms in total. The van der Waals surface area contributed by atoms with Gasteiger partial charge in [-0.05, 0) is 42.3 Å². The van der Waals surface area contributed by atoms with E-state index in [0.717, 1.165) is 27.8 Å². The Balaban J connectivity index is 1.98. The molecule has 0 fully saturated rings. The first-order valence-electron chi connectivity index (χ1n) is 7.04. The number of aliphatic hydroxyl groups excluding tert-OH is 1. The number of para-hydroxylation sites is 1. The lowest BCUT2D eigenvalue weighted by Crippen LogP contribution is -2.01. The summed E-state index contributed by atoms with van der Waals surface area (Å²) in [6.45, 7) is 2.59. The molecule has 3 rings (SSSR count). The number of fused-ring (bicyclic) bond motifs is 1. The number of benzene rings is 2. The van der Waals surface area contributed by atoms with Crippen LogP contribution < -0.4 is 4.74 Å². The van der Waals surface area contributed by atoms with Gasteiger partial charge in [0.25, 0.3) is 0 Å². The first-order valence-corrected chi connectivity index (χ1v) is 7.04. The zero-order chi connectivity index (χ0) is 14.7. The van der Waals surface area contributed by atoms with Crippen LogP contribution in [0.2, 0.25) is 0 Å². The molecule has 1 N–H and O–H groups in total. The molecule has 0 saturated heterocycles. The molecule has 1 heterocycles. The zero-order valence-corrected chi connectivity index (χ0v) is 11.9. The Bertz CT molecular complexity index is 732. The van der Waals surface area contributed by atoms with Gasteiger partial charge in [0.05, 0.1) is 12.1 Å². The molecule has 0 aliphatic rings. The number of pyridine rings is 1. The van der Waals surface area contributed by atoms with Crippen molar-refractivity contribution in [1.29, 1.82) is 0 Å². The fourth-order valence-corrected chi connectivity index (χ4v) is 2.45. The lowest BCUT2D eigenvalue weighted by atomic mass is 9.98. The van der Waals surface area contributed by atoms with Crippen molar-refractivity contribution in [2.24, 2.45) is 0 Å². The monoisotopic (exact) mass is 279 g/mol. The van der Waals surface area contributed by atoms with Gasteiger partial charge in [0.1, 0.15) is 11.9 Å². The number of nitrogens with zero attached hydrogens (tertiary/aromatic N) is 1. The Kier molecular flexibility index (Phi) is 3.84. The maximum atomic E-state index is 10.6. The summed E-state index contributed by atoms with van der Waals surface area (Å²) in [7, 11) is 0. The first kappa shape index (κ1) is 13.6. The zero-order valence-electron chi connectivity index (χ0n) is 11.9. The van der Waals surface area contributed by atoms with Crippen LogP contribution in [-0.4, -0.2) is 16.7 Å². The van der Waals surface area contributed by atoms with Crippen LogP contribution in [0.15, 0.2) is 60.8 Å². The van der Waals surface area contributed by atoms with Crippen molar-refractivity contribution in [3.63, 3.8) is 0 Å². The number of rotatable bonds is 4. The Morgan fingerprint density at radius 3 is 2.57 bits per heavy atom. The standard InChI is InChI=1S/C18H17NO2/c1-2-21-14-9-7-13(8-10-14)18(20)16-11-12-19-17-6-4-3-5-15(16)17/h3-12,18,20H,2H2,1H3. The predicted octanol–water partition coefficient (Wildman–Crippen LogP) is 3.72. The normalized spacial score (nSPS) is 12.3. The quantitative estimate of drug-likeness (QED) is 0.791. The van der Waals surface area contributed by atoms with E-state index in [-0.39, 0.29) is 0 Å². The van der Waals surface area contributed by atoms with E-state index in [1.807, 2.05) is 61.5 Å². The molecule has 0 aliphatic heterocycles. The van der Waals surface area contributed by atoms with Gasteiger partial charge < -0.3 is 9.84 Å². The van der Waals surface area contributed by atoms with Crippen molar-refractivity contribution in [3.8, 4) is 5.75 Å². The van der Waals surface area contributed by atoms with Crippen molar-refractivity contribution in [2.45, 2.75) is 13.0 Å². The van der Waals surface area contributed by atoms with E-state index in [1.165, 1.54) is 0 Å². The van der Waals surface area contributed by atoms with E-state index in [0.29, 0.717) is 6.61 Å². The van der Waals surface area contributed by atoms with Gasteiger partial charge in [-0.2, -0.15) is 0 Å². The van der Waals surface area contributed by atoms with Crippen LogP contribution in [0.1, 0.15) is 24.2 Å². The van der Waals surface area contributed by atoms with Gasteiger partial charge in [-0.1, -0.05) is 30.3 Å². The number of hydrogen-bond donors (Lipinski definition) is 1. The van der Waals surface area contributed by atoms with Gasteiger partial charge in [-0.15, -0.1) is 0 Å². The van der Waals surface area contributed by atoms with E-state index in [1.54, 1.807) is 6.20 Å². The van der Waals surface area contributed by atoms with E-state index in [2.05, 4.69) is 4.98 Å². The molecule has 1 aromatic heterocycles. The third-order valence-corrected chi connectivity index (χ3v) is 3.48. The largest absolute Gasteiger partial charge is 0.494 e. The van der Waals surface area contributed by atoms with Gasteiger partial charge in [0, 0.05) is 11.6 Å². The van der Waals surface area contributed by atoms with Gasteiger partial charge in [-0.3, -0.25) is 4.98 Å². The molecule has 0 radical (unpaired) electrons. The van der Waals surface area contributed by atoms with Crippen LogP contribution in [-0.2, 0) is 0 Å². The van der Waals surface area contributed by atoms with Gasteiger partial charge in [0.2, 0.25) is 0 Å². The Labute approximate surface area is 123 Å². The number of hydrogen-bond acceptors (Lipinski definition) is 3. The lowest BCUT2D eigenvalue weighted by Gasteiger charge is -2.14. The van der Waals surface area contributed by atoms with Crippen LogP contribution in [0.3, 0.4) is 0 Å². The second-order valence-corrected chi connectivity index (χ2v) is 4.82. The van der Waals surface area contributed by atoms with Gasteiger partial charge in [-0.25, -0.2) is 0 Å². The highest BCUT2D eigenvalue weighted by Crippen LogP contribution is 2.28. The highest BCUT2D eigenvalue weighted by atomic mass is 16.5. The maximum Gasteiger partial charge on any atom is 0.119 e. The summed E-state index contributed by atoms with van der Waals surface area (Å²) in [5.74, 6) is 0.813. The molecule has 0 saturated carbocycles. The van der Waals surface area contributed by atoms with Gasteiger partial charge in [0.15, 0.2) is 0 Å². The van der Waals surface area contributed by atoms with Crippen molar-refractivity contribution >= 4 is 10.9 Å². The molecule has 3 heteroatoms. The fourth-order valence-electron chi connectivity index (χ4n) is 2.45. The molecule has 21 heavy (non-hydrogen) atoms. The summed E-state index contributed by atoms with van der Waals surface area (Å²) in [5, 5.41) is 11.6. The van der Waals surface area contributed by atoms with E-state index < -0.39 is 6.10 Å². The number of aromatic nitrogens is 1. The summed E-state index contributed by atoms with van der Waals surface area (Å²) in [5.41, 5.74) is 2.60. The van der Waals surface area contributed by atoms with E-state index in [4.69, 9.17) is 4.74 Å². The average molecular weight is 279 g/mol. The smallest absolute Gasteiger partial charge is 0.119 e. The van der Waals surface area contributed by atoms with Crippen LogP contribution in [0.5, 0.6) is 5.75 Å². The average Bonchev–Trinajstić information content (AvgIpc) is 2.55. The molecular weight excluding hydrogens is 262 g/mol. The molecule has 2 aromatic carbocycles. The van der Waals surface area contributed by atoms with Gasteiger partial charge >= 0.3 is 0 Å². The second-order valence-electron chi connectivity index (χ2n) is 4.82. The Morgan fingerprint density at radius 1 is 1.05 bits per heavy atom. The number of ether oxygens (including phenoxy) is 1. The first-order chi connectivity index (χ1) is 10.3. The molecule has 0 aliphatic carbocycles. The van der Waals surface area contributed by atoms with Crippen LogP contribution in [0.25, 0.3) is 10.9 Å². The number of aliphatic hydroxyl groups is 1. The summed E-state index contributed by atoms with van der Waals surface area (Å²) >= 11 is 0. The van der Waals surface area contributed by atoms with E-state index in [9.17, 15) is 5.11 Å². The third kappa shape index (κ3) is 2.73. The molecule has 3 aromatic rings. The third-order valence-electron chi connectivity index (χ3n) is 3.48. The SMILES string of the molecule is CCOc1ccc(C(O)c2ccnc3ccccc23)cc1. The lowest BCUT2D eigenvalue weighted by molar-refractivity contribution is 0.221. The Morgan fingerprint density at radius 2 is 1.81 bits per heavy atom. The summed E-state index contributed by atoms with van der Waals surface area (Å²) in [6, 6.07) is 17.2. The minimum absolute atomic E-state index is 0.636. The van der Waals surface area contributed by atoms with Crippen molar-refractivity contribution in [2.75, 3.05) is 6.61 Å². The molecule has 0 bridgehead atoms. The van der Waals surface area contributed by atoms with Crippen molar-refractivity contribution in [3.05, 3.63) is 71.9 Å². The summed E-state index contributed by atoms with van der Waals surface area (Å²) in [4.78, 5) is 4.33. The predicted molar refractivity (Wildman–Crippen MR) is 83.4 cm³/mol. The highest BCUT2D eigenvalue weighted by molar-refractivity contribution is 5.82. The summed E-state index contributed by atoms with van der Waals surface area (Å²) < 4.78 is 5.42. The molecule has 0 amide bonds. The molecule has 1 unspecified atom stereocenters. The van der Waals surface area contributed by atoms with Crippen molar-refractivity contribution < 1.29 is 9.84 Å². The summed E-state index contributed by atoms with van der Waals surface area (Å²) in [6.07, 6.45) is 1.06. The van der Waals surface area contributed by atoms with Crippen LogP contribution in [0.4, 0.5) is 0 Å². The minimum atomic E-state index is -0.673. The molecule has 1 atom stereocenters. The maximum absolute atomic E-state index is 10.6. The minimum Gasteiger partial charge on any atom is -0.494 e. The van der Waals surface area contributed by atoms with Crippen LogP contribution in [0, 0.1) is 0 Å². The van der Waals surface area contributed by atoms with E-state index >= 15 is 0 Å².